The molecular formula is C16H17NO5. The van der Waals surface area contributed by atoms with Crippen molar-refractivity contribution in [1.29, 1.82) is 0 Å². The van der Waals surface area contributed by atoms with Crippen LogP contribution in [0.25, 0.3) is 0 Å². The molecule has 6 heteroatoms. The van der Waals surface area contributed by atoms with E-state index in [2.05, 4.69) is 5.32 Å². The Morgan fingerprint density at radius 2 is 2.05 bits per heavy atom. The molecule has 1 aromatic carbocycles. The molecular weight excluding hydrogens is 286 g/mol. The molecule has 6 nitrogen and oxygen atoms in total. The first-order chi connectivity index (χ1) is 10.7. The van der Waals surface area contributed by atoms with Crippen molar-refractivity contribution in [2.45, 2.75) is 13.5 Å². The number of hydrogen-bond donors (Lipinski definition) is 1. The van der Waals surface area contributed by atoms with Crippen molar-refractivity contribution in [2.24, 2.45) is 0 Å². The van der Waals surface area contributed by atoms with Gasteiger partial charge in [-0.05, 0) is 13.0 Å². The van der Waals surface area contributed by atoms with Crippen LogP contribution < -0.4 is 20.2 Å². The molecule has 0 fully saturated rings. The Labute approximate surface area is 127 Å². The van der Waals surface area contributed by atoms with Gasteiger partial charge < -0.3 is 19.2 Å². The van der Waals surface area contributed by atoms with Crippen LogP contribution in [-0.4, -0.2) is 19.6 Å². The van der Waals surface area contributed by atoms with E-state index in [-0.39, 0.29) is 18.1 Å². The molecule has 0 saturated heterocycles. The first kappa shape index (κ1) is 15.6. The highest BCUT2D eigenvalue weighted by atomic mass is 16.5. The molecule has 1 aromatic heterocycles. The third-order valence-electron chi connectivity index (χ3n) is 2.95. The highest BCUT2D eigenvalue weighted by molar-refractivity contribution is 5.91. The number of carbonyl (C=O) groups excluding carboxylic acids is 1. The Balaban J connectivity index is 2.06. The number of ether oxygens (including phenoxy) is 2. The lowest BCUT2D eigenvalue weighted by atomic mass is 10.2. The number of rotatable bonds is 6. The minimum Gasteiger partial charge on any atom is -0.496 e. The van der Waals surface area contributed by atoms with Gasteiger partial charge in [0.2, 0.25) is 11.2 Å². The van der Waals surface area contributed by atoms with Crippen molar-refractivity contribution in [2.75, 3.05) is 13.7 Å². The zero-order valence-electron chi connectivity index (χ0n) is 12.4. The Morgan fingerprint density at radius 1 is 1.27 bits per heavy atom. The second-order valence-corrected chi connectivity index (χ2v) is 4.40. The fourth-order valence-corrected chi connectivity index (χ4v) is 1.89. The summed E-state index contributed by atoms with van der Waals surface area (Å²) in [5.74, 6) is 0.217. The highest BCUT2D eigenvalue weighted by Gasteiger charge is 2.12. The quantitative estimate of drug-likeness (QED) is 0.883. The van der Waals surface area contributed by atoms with Crippen molar-refractivity contribution < 1.29 is 18.7 Å². The molecule has 0 aliphatic carbocycles. The summed E-state index contributed by atoms with van der Waals surface area (Å²) >= 11 is 0. The van der Waals surface area contributed by atoms with Crippen LogP contribution in [0.2, 0.25) is 0 Å². The average molecular weight is 303 g/mol. The van der Waals surface area contributed by atoms with E-state index in [0.29, 0.717) is 12.4 Å². The Kier molecular flexibility index (Phi) is 5.19. The van der Waals surface area contributed by atoms with Gasteiger partial charge in [0.25, 0.3) is 5.91 Å². The zero-order valence-corrected chi connectivity index (χ0v) is 12.4. The smallest absolute Gasteiger partial charge is 0.287 e. The molecule has 22 heavy (non-hydrogen) atoms. The van der Waals surface area contributed by atoms with E-state index in [1.54, 1.807) is 20.1 Å². The minimum atomic E-state index is -0.481. The number of carbonyl (C=O) groups is 1. The van der Waals surface area contributed by atoms with Crippen molar-refractivity contribution in [3.63, 3.8) is 0 Å². The van der Waals surface area contributed by atoms with E-state index in [1.807, 2.05) is 18.2 Å². The van der Waals surface area contributed by atoms with Crippen molar-refractivity contribution in [1.82, 2.24) is 5.32 Å². The molecule has 0 saturated carbocycles. The molecule has 2 aromatic rings. The summed E-state index contributed by atoms with van der Waals surface area (Å²) in [4.78, 5) is 23.7. The molecule has 0 bridgehead atoms. The van der Waals surface area contributed by atoms with Crippen LogP contribution in [0.15, 0.2) is 45.8 Å². The second-order valence-electron chi connectivity index (χ2n) is 4.40. The van der Waals surface area contributed by atoms with Crippen LogP contribution in [0.1, 0.15) is 23.0 Å². The summed E-state index contributed by atoms with van der Waals surface area (Å²) in [7, 11) is 1.56. The average Bonchev–Trinajstić information content (AvgIpc) is 2.54. The van der Waals surface area contributed by atoms with Gasteiger partial charge in [-0.3, -0.25) is 9.59 Å². The first-order valence-electron chi connectivity index (χ1n) is 6.81. The van der Waals surface area contributed by atoms with Gasteiger partial charge in [-0.2, -0.15) is 0 Å². The Hall–Kier alpha value is -2.76. The van der Waals surface area contributed by atoms with Crippen LogP contribution in [-0.2, 0) is 6.54 Å². The molecule has 1 heterocycles. The highest BCUT2D eigenvalue weighted by Crippen LogP contribution is 2.16. The maximum Gasteiger partial charge on any atom is 0.287 e. The van der Waals surface area contributed by atoms with E-state index in [1.165, 1.54) is 0 Å². The van der Waals surface area contributed by atoms with Gasteiger partial charge in [0.1, 0.15) is 12.0 Å². The lowest BCUT2D eigenvalue weighted by molar-refractivity contribution is 0.0919. The number of benzene rings is 1. The summed E-state index contributed by atoms with van der Waals surface area (Å²) in [6.07, 6.45) is 1.14. The summed E-state index contributed by atoms with van der Waals surface area (Å²) < 4.78 is 15.4. The lowest BCUT2D eigenvalue weighted by Crippen LogP contribution is -2.24. The van der Waals surface area contributed by atoms with Crippen molar-refractivity contribution in [3.8, 4) is 11.5 Å². The van der Waals surface area contributed by atoms with Crippen molar-refractivity contribution in [3.05, 3.63) is 58.1 Å². The topological polar surface area (TPSA) is 77.8 Å². The van der Waals surface area contributed by atoms with E-state index >= 15 is 0 Å². The summed E-state index contributed by atoms with van der Waals surface area (Å²) in [5.41, 5.74) is 0.433. The summed E-state index contributed by atoms with van der Waals surface area (Å²) in [5, 5.41) is 2.68. The predicted octanol–water partition coefficient (Wildman–Crippen LogP) is 1.98. The fourth-order valence-electron chi connectivity index (χ4n) is 1.89. The van der Waals surface area contributed by atoms with Crippen LogP contribution >= 0.6 is 0 Å². The van der Waals surface area contributed by atoms with Gasteiger partial charge in [-0.25, -0.2) is 0 Å². The molecule has 0 atom stereocenters. The van der Waals surface area contributed by atoms with Crippen LogP contribution in [0, 0.1) is 0 Å². The maximum absolute atomic E-state index is 12.0. The monoisotopic (exact) mass is 303 g/mol. The molecule has 0 unspecified atom stereocenters. The standard InChI is InChI=1S/C16H17NO5/c1-3-21-15-10-22-14(8-12(15)18)16(19)17-9-11-6-4-5-7-13(11)20-2/h4-8,10H,3,9H2,1-2H3,(H,17,19). The van der Waals surface area contributed by atoms with E-state index in [9.17, 15) is 9.59 Å². The van der Waals surface area contributed by atoms with Crippen LogP contribution in [0.4, 0.5) is 0 Å². The number of amides is 1. The summed E-state index contributed by atoms with van der Waals surface area (Å²) in [6.45, 7) is 2.37. The molecule has 1 N–H and O–H groups in total. The number of methoxy groups -OCH3 is 1. The number of nitrogens with one attached hydrogen (secondary N) is 1. The SMILES string of the molecule is CCOc1coc(C(=O)NCc2ccccc2OC)cc1=O. The largest absolute Gasteiger partial charge is 0.496 e. The normalized spacial score (nSPS) is 10.1. The lowest BCUT2D eigenvalue weighted by Gasteiger charge is -2.09. The first-order valence-corrected chi connectivity index (χ1v) is 6.81. The number of para-hydroxylation sites is 1. The van der Waals surface area contributed by atoms with E-state index < -0.39 is 11.3 Å². The van der Waals surface area contributed by atoms with Gasteiger partial charge in [0, 0.05) is 18.2 Å². The second kappa shape index (κ2) is 7.31. The maximum atomic E-state index is 12.0. The van der Waals surface area contributed by atoms with Crippen LogP contribution in [0.5, 0.6) is 11.5 Å². The predicted molar refractivity (Wildman–Crippen MR) is 80.3 cm³/mol. The molecule has 0 radical (unpaired) electrons. The van der Waals surface area contributed by atoms with Crippen LogP contribution in [0.3, 0.4) is 0 Å². The van der Waals surface area contributed by atoms with Gasteiger partial charge in [0.05, 0.1) is 13.7 Å². The van der Waals surface area contributed by atoms with Gasteiger partial charge in [0.15, 0.2) is 5.76 Å². The molecule has 0 spiro atoms. The Morgan fingerprint density at radius 3 is 2.73 bits per heavy atom. The third kappa shape index (κ3) is 3.66. The minimum absolute atomic E-state index is 0.0663. The number of hydrogen-bond acceptors (Lipinski definition) is 5. The van der Waals surface area contributed by atoms with Gasteiger partial charge in [-0.15, -0.1) is 0 Å². The molecule has 0 aliphatic rings. The van der Waals surface area contributed by atoms with Gasteiger partial charge >= 0.3 is 0 Å². The van der Waals surface area contributed by atoms with E-state index in [4.69, 9.17) is 13.9 Å². The molecule has 116 valence electrons. The summed E-state index contributed by atoms with van der Waals surface area (Å²) in [6, 6.07) is 8.45. The van der Waals surface area contributed by atoms with Gasteiger partial charge in [-0.1, -0.05) is 18.2 Å². The molecule has 0 aliphatic heterocycles. The van der Waals surface area contributed by atoms with E-state index in [0.717, 1.165) is 17.9 Å². The molecule has 2 rings (SSSR count). The molecule has 1 amide bonds. The fraction of sp³-hybridized carbons (Fsp3) is 0.250. The third-order valence-corrected chi connectivity index (χ3v) is 2.95. The zero-order chi connectivity index (χ0) is 15.9. The Bertz CT molecular complexity index is 708. The van der Waals surface area contributed by atoms with Crippen molar-refractivity contribution >= 4 is 5.91 Å².